The van der Waals surface area contributed by atoms with E-state index in [-0.39, 0.29) is 24.9 Å². The molecule has 1 aromatic carbocycles. The molecule has 0 bridgehead atoms. The Labute approximate surface area is 125 Å². The van der Waals surface area contributed by atoms with E-state index in [0.717, 1.165) is 18.4 Å². The van der Waals surface area contributed by atoms with E-state index in [0.29, 0.717) is 11.4 Å². The first-order chi connectivity index (χ1) is 9.41. The van der Waals surface area contributed by atoms with E-state index in [9.17, 15) is 10.2 Å². The third-order valence-electron chi connectivity index (χ3n) is 4.23. The number of aliphatic hydroxyl groups is 2. The fourth-order valence-electron chi connectivity index (χ4n) is 2.94. The average Bonchev–Trinajstić information content (AvgIpc) is 2.76. The molecule has 1 heterocycles. The van der Waals surface area contributed by atoms with Crippen LogP contribution in [0.2, 0.25) is 5.02 Å². The van der Waals surface area contributed by atoms with Gasteiger partial charge in [0.25, 0.3) is 0 Å². The highest BCUT2D eigenvalue weighted by Crippen LogP contribution is 2.38. The van der Waals surface area contributed by atoms with Crippen molar-refractivity contribution in [3.05, 3.63) is 34.9 Å². The van der Waals surface area contributed by atoms with Crippen molar-refractivity contribution in [1.82, 2.24) is 0 Å². The Morgan fingerprint density at radius 1 is 1.25 bits per heavy atom. The van der Waals surface area contributed by atoms with Gasteiger partial charge in [0.1, 0.15) is 0 Å². The number of hydrogen-bond acceptors (Lipinski definition) is 3. The molecule has 1 saturated heterocycles. The summed E-state index contributed by atoms with van der Waals surface area (Å²) in [6.07, 6.45) is 2.65. The fraction of sp³-hybridized carbons (Fsp3) is 0.625. The van der Waals surface area contributed by atoms with Crippen molar-refractivity contribution < 1.29 is 14.9 Å². The van der Waals surface area contributed by atoms with Gasteiger partial charge >= 0.3 is 0 Å². The smallest absolute Gasteiger partial charge is 0.0631 e. The van der Waals surface area contributed by atoms with Crippen molar-refractivity contribution in [2.45, 2.75) is 50.2 Å². The van der Waals surface area contributed by atoms with E-state index < -0.39 is 5.41 Å². The zero-order valence-corrected chi connectivity index (χ0v) is 12.9. The molecule has 0 aromatic heterocycles. The number of aliphatic hydroxyl groups excluding tert-OH is 2. The fourth-order valence-corrected chi connectivity index (χ4v) is 3.07. The Morgan fingerprint density at radius 3 is 2.30 bits per heavy atom. The van der Waals surface area contributed by atoms with Gasteiger partial charge in [0.2, 0.25) is 0 Å². The van der Waals surface area contributed by atoms with Crippen LogP contribution in [0.3, 0.4) is 0 Å². The molecule has 0 amide bonds. The highest BCUT2D eigenvalue weighted by Gasteiger charge is 2.39. The van der Waals surface area contributed by atoms with Crippen LogP contribution in [0.25, 0.3) is 0 Å². The molecule has 1 unspecified atom stereocenters. The van der Waals surface area contributed by atoms with Gasteiger partial charge in [-0.25, -0.2) is 0 Å². The maximum absolute atomic E-state index is 9.84. The summed E-state index contributed by atoms with van der Waals surface area (Å²) in [5, 5.41) is 20.3. The Morgan fingerprint density at radius 2 is 1.85 bits per heavy atom. The zero-order chi connectivity index (χ0) is 14.8. The molecule has 1 fully saturated rings. The molecule has 0 spiro atoms. The molecule has 1 atom stereocenters. The summed E-state index contributed by atoms with van der Waals surface area (Å²) in [7, 11) is 0. The summed E-state index contributed by atoms with van der Waals surface area (Å²) in [5.41, 5.74) is 0.122. The van der Waals surface area contributed by atoms with Crippen molar-refractivity contribution in [3.63, 3.8) is 0 Å². The summed E-state index contributed by atoms with van der Waals surface area (Å²) in [6.45, 7) is 3.95. The Kier molecular flexibility index (Phi) is 4.75. The third-order valence-corrected chi connectivity index (χ3v) is 4.49. The quantitative estimate of drug-likeness (QED) is 0.879. The van der Waals surface area contributed by atoms with Crippen molar-refractivity contribution in [1.29, 1.82) is 0 Å². The third kappa shape index (κ3) is 3.34. The monoisotopic (exact) mass is 298 g/mol. The maximum atomic E-state index is 9.84. The van der Waals surface area contributed by atoms with Crippen LogP contribution in [0.4, 0.5) is 0 Å². The lowest BCUT2D eigenvalue weighted by Crippen LogP contribution is -2.39. The first-order valence-electron chi connectivity index (χ1n) is 7.06. The molecular weight excluding hydrogens is 276 g/mol. The minimum Gasteiger partial charge on any atom is -0.395 e. The molecule has 20 heavy (non-hydrogen) atoms. The second-order valence-corrected chi connectivity index (χ2v) is 6.78. The van der Waals surface area contributed by atoms with Gasteiger partial charge in [0.05, 0.1) is 24.9 Å². The summed E-state index contributed by atoms with van der Waals surface area (Å²) in [6, 6.07) is 7.32. The van der Waals surface area contributed by atoms with E-state index in [2.05, 4.69) is 13.8 Å². The van der Waals surface area contributed by atoms with E-state index in [1.165, 1.54) is 0 Å². The van der Waals surface area contributed by atoms with E-state index in [1.807, 2.05) is 12.1 Å². The molecule has 4 heteroatoms. The molecule has 0 radical (unpaired) electrons. The standard InChI is InChI=1S/C16H23ClO3/c1-15(2)8-7-14(20-15)9-16(10-18,11-19)12-3-5-13(17)6-4-12/h3-6,14,18-19H,7-11H2,1-2H3. The normalized spacial score (nSPS) is 22.1. The minimum atomic E-state index is -0.671. The van der Waals surface area contributed by atoms with Gasteiger partial charge in [-0.3, -0.25) is 0 Å². The number of halogens is 1. The van der Waals surface area contributed by atoms with Crippen molar-refractivity contribution in [2.75, 3.05) is 13.2 Å². The zero-order valence-electron chi connectivity index (χ0n) is 12.1. The topological polar surface area (TPSA) is 49.7 Å². The number of benzene rings is 1. The Bertz CT molecular complexity index is 438. The molecule has 0 aliphatic carbocycles. The predicted molar refractivity (Wildman–Crippen MR) is 80.1 cm³/mol. The minimum absolute atomic E-state index is 0.0694. The summed E-state index contributed by atoms with van der Waals surface area (Å²) in [5.74, 6) is 0. The molecule has 3 nitrogen and oxygen atoms in total. The average molecular weight is 299 g/mol. The first kappa shape index (κ1) is 15.8. The highest BCUT2D eigenvalue weighted by atomic mass is 35.5. The van der Waals surface area contributed by atoms with Gasteiger partial charge in [-0.05, 0) is 50.8 Å². The Balaban J connectivity index is 2.19. The lowest BCUT2D eigenvalue weighted by atomic mass is 9.77. The second-order valence-electron chi connectivity index (χ2n) is 6.35. The number of rotatable bonds is 5. The summed E-state index contributed by atoms with van der Waals surface area (Å²) in [4.78, 5) is 0. The maximum Gasteiger partial charge on any atom is 0.0631 e. The van der Waals surface area contributed by atoms with Gasteiger partial charge in [0, 0.05) is 10.4 Å². The van der Waals surface area contributed by atoms with Crippen molar-refractivity contribution in [2.24, 2.45) is 0 Å². The Hall–Kier alpha value is -0.610. The molecule has 0 saturated carbocycles. The molecule has 1 aliphatic heterocycles. The van der Waals surface area contributed by atoms with Crippen molar-refractivity contribution in [3.8, 4) is 0 Å². The van der Waals surface area contributed by atoms with Crippen LogP contribution >= 0.6 is 11.6 Å². The SMILES string of the molecule is CC1(C)CCC(CC(CO)(CO)c2ccc(Cl)cc2)O1. The van der Waals surface area contributed by atoms with Crippen molar-refractivity contribution >= 4 is 11.6 Å². The summed E-state index contributed by atoms with van der Waals surface area (Å²) >= 11 is 5.91. The summed E-state index contributed by atoms with van der Waals surface area (Å²) < 4.78 is 6.00. The lowest BCUT2D eigenvalue weighted by molar-refractivity contribution is -0.0381. The van der Waals surface area contributed by atoms with Gasteiger partial charge in [0.15, 0.2) is 0 Å². The van der Waals surface area contributed by atoms with Gasteiger partial charge < -0.3 is 14.9 Å². The van der Waals surface area contributed by atoms with Gasteiger partial charge in [-0.2, -0.15) is 0 Å². The number of ether oxygens (including phenoxy) is 1. The van der Waals surface area contributed by atoms with E-state index in [4.69, 9.17) is 16.3 Å². The molecule has 1 aliphatic rings. The number of hydrogen-bond donors (Lipinski definition) is 2. The molecule has 2 N–H and O–H groups in total. The van der Waals surface area contributed by atoms with Crippen LogP contribution in [0.15, 0.2) is 24.3 Å². The predicted octanol–water partition coefficient (Wildman–Crippen LogP) is 2.91. The van der Waals surface area contributed by atoms with Crippen LogP contribution in [0, 0.1) is 0 Å². The largest absolute Gasteiger partial charge is 0.395 e. The molecule has 1 aromatic rings. The van der Waals surface area contributed by atoms with E-state index >= 15 is 0 Å². The molecular formula is C16H23ClO3. The van der Waals surface area contributed by atoms with E-state index in [1.54, 1.807) is 12.1 Å². The molecule has 2 rings (SSSR count). The van der Waals surface area contributed by atoms with Crippen LogP contribution in [-0.2, 0) is 10.2 Å². The van der Waals surface area contributed by atoms with Crippen LogP contribution in [0.1, 0.15) is 38.7 Å². The first-order valence-corrected chi connectivity index (χ1v) is 7.44. The van der Waals surface area contributed by atoms with Gasteiger partial charge in [-0.15, -0.1) is 0 Å². The highest BCUT2D eigenvalue weighted by molar-refractivity contribution is 6.30. The van der Waals surface area contributed by atoms with Crippen LogP contribution in [0.5, 0.6) is 0 Å². The lowest BCUT2D eigenvalue weighted by Gasteiger charge is -2.33. The second kappa shape index (κ2) is 6.02. The van der Waals surface area contributed by atoms with Gasteiger partial charge in [-0.1, -0.05) is 23.7 Å². The van der Waals surface area contributed by atoms with Crippen LogP contribution in [-0.4, -0.2) is 35.1 Å². The van der Waals surface area contributed by atoms with Crippen LogP contribution < -0.4 is 0 Å². The molecule has 112 valence electrons.